The van der Waals surface area contributed by atoms with Gasteiger partial charge >= 0.3 is 6.18 Å². The van der Waals surface area contributed by atoms with Crippen LogP contribution in [0.25, 0.3) is 10.6 Å². The van der Waals surface area contributed by atoms with Gasteiger partial charge in [0.05, 0.1) is 4.88 Å². The Morgan fingerprint density at radius 2 is 2.00 bits per heavy atom. The van der Waals surface area contributed by atoms with Crippen LogP contribution in [0.4, 0.5) is 17.6 Å². The molecule has 154 valence electrons. The van der Waals surface area contributed by atoms with Crippen LogP contribution >= 0.6 is 11.3 Å². The molecule has 4 rings (SSSR count). The van der Waals surface area contributed by atoms with Crippen LogP contribution in [0.15, 0.2) is 51.2 Å². The number of benzene rings is 1. The minimum absolute atomic E-state index is 0.0578. The molecule has 0 amide bonds. The van der Waals surface area contributed by atoms with Crippen molar-refractivity contribution >= 4 is 21.4 Å². The highest BCUT2D eigenvalue weighted by Gasteiger charge is 2.53. The number of nitrogens with zero attached hydrogens (tertiary/aromatic N) is 1. The molecule has 0 aliphatic heterocycles. The summed E-state index contributed by atoms with van der Waals surface area (Å²) in [5.74, 6) is -1.65. The number of hydrogen-bond donors (Lipinski definition) is 1. The van der Waals surface area contributed by atoms with Crippen LogP contribution in [-0.2, 0) is 21.6 Å². The fourth-order valence-corrected chi connectivity index (χ4v) is 5.70. The molecule has 1 aliphatic carbocycles. The first-order chi connectivity index (χ1) is 13.5. The molecule has 11 heteroatoms. The number of rotatable bonds is 5. The Morgan fingerprint density at radius 3 is 2.66 bits per heavy atom. The molecule has 0 radical (unpaired) electrons. The number of aromatic nitrogens is 1. The standard InChI is InChI=1S/C18H14F4N2O3S2/c1-17(10-3-2-4-11(19)7-10)9-14(17)24-29(25,26)16-6-5-13(28-16)12-8-15(27-23-12)18(20,21)22/h2-8,14,24H,9H2,1H3/t14-,17+/m0/s1. The second-order valence-electron chi connectivity index (χ2n) is 7.00. The molecule has 5 nitrogen and oxygen atoms in total. The highest BCUT2D eigenvalue weighted by atomic mass is 32.2. The molecule has 1 aliphatic rings. The van der Waals surface area contributed by atoms with Crippen molar-refractivity contribution < 1.29 is 30.5 Å². The van der Waals surface area contributed by atoms with Gasteiger partial charge in [-0.1, -0.05) is 24.2 Å². The molecule has 2 heterocycles. The van der Waals surface area contributed by atoms with Gasteiger partial charge in [-0.15, -0.1) is 11.3 Å². The number of thiophene rings is 1. The van der Waals surface area contributed by atoms with Gasteiger partial charge in [-0.3, -0.25) is 0 Å². The van der Waals surface area contributed by atoms with E-state index >= 15 is 0 Å². The van der Waals surface area contributed by atoms with Crippen molar-refractivity contribution in [2.45, 2.75) is 35.2 Å². The summed E-state index contributed by atoms with van der Waals surface area (Å²) >= 11 is 0.785. The topological polar surface area (TPSA) is 72.2 Å². The van der Waals surface area contributed by atoms with Gasteiger partial charge < -0.3 is 4.52 Å². The molecule has 1 N–H and O–H groups in total. The highest BCUT2D eigenvalue weighted by Crippen LogP contribution is 2.49. The SMILES string of the molecule is C[C@]1(c2cccc(F)c2)C[C@@H]1NS(=O)(=O)c1ccc(-c2cc(C(F)(F)F)on2)s1. The molecular weight excluding hydrogens is 432 g/mol. The number of hydrogen-bond acceptors (Lipinski definition) is 5. The van der Waals surface area contributed by atoms with E-state index in [0.717, 1.165) is 17.4 Å². The molecule has 0 spiro atoms. The zero-order chi connectivity index (χ0) is 21.0. The average molecular weight is 446 g/mol. The van der Waals surface area contributed by atoms with Crippen molar-refractivity contribution in [1.82, 2.24) is 9.88 Å². The Bertz CT molecular complexity index is 1170. The maximum Gasteiger partial charge on any atom is 0.452 e. The van der Waals surface area contributed by atoms with Crippen molar-refractivity contribution in [3.05, 3.63) is 59.6 Å². The number of sulfonamides is 1. The molecule has 1 fully saturated rings. The number of halogens is 4. The van der Waals surface area contributed by atoms with E-state index < -0.39 is 39.2 Å². The Balaban J connectivity index is 1.52. The van der Waals surface area contributed by atoms with Crippen molar-refractivity contribution in [2.24, 2.45) is 0 Å². The van der Waals surface area contributed by atoms with Gasteiger partial charge in [0, 0.05) is 17.5 Å². The third-order valence-electron chi connectivity index (χ3n) is 4.91. The molecule has 0 bridgehead atoms. The van der Waals surface area contributed by atoms with E-state index in [-0.39, 0.29) is 14.8 Å². The van der Waals surface area contributed by atoms with Crippen molar-refractivity contribution in [3.63, 3.8) is 0 Å². The van der Waals surface area contributed by atoms with Gasteiger partial charge in [-0.25, -0.2) is 17.5 Å². The van der Waals surface area contributed by atoms with Gasteiger partial charge in [-0.05, 0) is 36.2 Å². The smallest absolute Gasteiger partial charge is 0.351 e. The van der Waals surface area contributed by atoms with Crippen molar-refractivity contribution in [1.29, 1.82) is 0 Å². The summed E-state index contributed by atoms with van der Waals surface area (Å²) in [6.45, 7) is 1.84. The maximum absolute atomic E-state index is 13.5. The molecule has 1 saturated carbocycles. The molecule has 2 atom stereocenters. The summed E-state index contributed by atoms with van der Waals surface area (Å²) in [5.41, 5.74) is 0.0716. The Labute approximate surface area is 167 Å². The molecule has 3 aromatic rings. The Hall–Kier alpha value is -2.24. The Kier molecular flexibility index (Phi) is 4.59. The number of alkyl halides is 3. The summed E-state index contributed by atoms with van der Waals surface area (Å²) < 4.78 is 83.6. The van der Waals surface area contributed by atoms with Crippen LogP contribution in [0.2, 0.25) is 0 Å². The molecule has 1 aromatic carbocycles. The van der Waals surface area contributed by atoms with E-state index in [4.69, 9.17) is 0 Å². The van der Waals surface area contributed by atoms with Gasteiger partial charge in [0.1, 0.15) is 15.7 Å². The molecule has 0 unspecified atom stereocenters. The quantitative estimate of drug-likeness (QED) is 0.583. The molecule has 29 heavy (non-hydrogen) atoms. The largest absolute Gasteiger partial charge is 0.452 e. The minimum Gasteiger partial charge on any atom is -0.351 e. The Morgan fingerprint density at radius 1 is 1.24 bits per heavy atom. The first kappa shape index (κ1) is 20.0. The lowest BCUT2D eigenvalue weighted by molar-refractivity contribution is -0.155. The summed E-state index contributed by atoms with van der Waals surface area (Å²) in [5, 5.41) is 3.36. The summed E-state index contributed by atoms with van der Waals surface area (Å²) in [6, 6.07) is 8.97. The molecular formula is C18H14F4N2O3S2. The predicted octanol–water partition coefficient (Wildman–Crippen LogP) is 4.57. The van der Waals surface area contributed by atoms with E-state index in [1.165, 1.54) is 24.3 Å². The van der Waals surface area contributed by atoms with Crippen LogP contribution in [0.5, 0.6) is 0 Å². The van der Waals surface area contributed by atoms with E-state index in [1.807, 2.05) is 6.92 Å². The first-order valence-electron chi connectivity index (χ1n) is 8.41. The number of nitrogens with one attached hydrogen (secondary N) is 1. The van der Waals surface area contributed by atoms with Gasteiger partial charge in [0.25, 0.3) is 0 Å². The summed E-state index contributed by atoms with van der Waals surface area (Å²) in [7, 11) is -3.90. The zero-order valence-corrected chi connectivity index (χ0v) is 16.5. The predicted molar refractivity (Wildman–Crippen MR) is 97.3 cm³/mol. The van der Waals surface area contributed by atoms with Gasteiger partial charge in [0.2, 0.25) is 15.8 Å². The fraction of sp³-hybridized carbons (Fsp3) is 0.278. The lowest BCUT2D eigenvalue weighted by Gasteiger charge is -2.12. The minimum atomic E-state index is -4.67. The highest BCUT2D eigenvalue weighted by molar-refractivity contribution is 7.91. The third kappa shape index (κ3) is 3.81. The van der Waals surface area contributed by atoms with Crippen LogP contribution in [0.1, 0.15) is 24.7 Å². The average Bonchev–Trinajstić information content (AvgIpc) is 3.05. The lowest BCUT2D eigenvalue weighted by Crippen LogP contribution is -2.29. The van der Waals surface area contributed by atoms with Crippen LogP contribution in [0, 0.1) is 5.82 Å². The summed E-state index contributed by atoms with van der Waals surface area (Å²) in [4.78, 5) is 0.230. The van der Waals surface area contributed by atoms with E-state index in [0.29, 0.717) is 12.0 Å². The maximum atomic E-state index is 13.5. The third-order valence-corrected chi connectivity index (χ3v) is 7.98. The van der Waals surface area contributed by atoms with Crippen LogP contribution in [0.3, 0.4) is 0 Å². The van der Waals surface area contributed by atoms with Gasteiger partial charge in [0.15, 0.2) is 0 Å². The van der Waals surface area contributed by atoms with Crippen LogP contribution in [-0.4, -0.2) is 19.6 Å². The van der Waals surface area contributed by atoms with E-state index in [1.54, 1.807) is 12.1 Å². The van der Waals surface area contributed by atoms with Crippen molar-refractivity contribution in [2.75, 3.05) is 0 Å². The monoisotopic (exact) mass is 446 g/mol. The van der Waals surface area contributed by atoms with E-state index in [9.17, 15) is 26.0 Å². The van der Waals surface area contributed by atoms with Crippen LogP contribution < -0.4 is 4.72 Å². The molecule has 2 aromatic heterocycles. The molecule has 0 saturated heterocycles. The second-order valence-corrected chi connectivity index (χ2v) is 10.0. The first-order valence-corrected chi connectivity index (χ1v) is 10.7. The normalized spacial score (nSPS) is 22.0. The fourth-order valence-electron chi connectivity index (χ4n) is 3.07. The van der Waals surface area contributed by atoms with Gasteiger partial charge in [-0.2, -0.15) is 13.2 Å². The van der Waals surface area contributed by atoms with E-state index in [2.05, 4.69) is 14.4 Å². The lowest BCUT2D eigenvalue weighted by atomic mass is 9.97. The zero-order valence-electron chi connectivity index (χ0n) is 14.8. The van der Waals surface area contributed by atoms with Crippen molar-refractivity contribution in [3.8, 4) is 10.6 Å². The summed E-state index contributed by atoms with van der Waals surface area (Å²) in [6.07, 6.45) is -4.17. The second kappa shape index (κ2) is 6.64.